The fourth-order valence-electron chi connectivity index (χ4n) is 0.849. The molecule has 0 unspecified atom stereocenters. The minimum absolute atomic E-state index is 0.0375. The third-order valence-corrected chi connectivity index (χ3v) is 2.54. The van der Waals surface area contributed by atoms with Crippen molar-refractivity contribution in [2.24, 2.45) is 0 Å². The Morgan fingerprint density at radius 2 is 2.27 bits per heavy atom. The van der Waals surface area contributed by atoms with Crippen LogP contribution < -0.4 is 0 Å². The summed E-state index contributed by atoms with van der Waals surface area (Å²) in [6.45, 7) is 0. The smallest absolute Gasteiger partial charge is 0.358 e. The molecule has 0 N–H and O–H groups in total. The summed E-state index contributed by atoms with van der Waals surface area (Å²) < 4.78 is 24.5. The lowest BCUT2D eigenvalue weighted by atomic mass is 10.2. The van der Waals surface area contributed by atoms with E-state index in [2.05, 4.69) is 4.98 Å². The van der Waals surface area contributed by atoms with Gasteiger partial charge in [0.2, 0.25) is 5.69 Å². The fourth-order valence-corrected chi connectivity index (χ4v) is 1.44. The van der Waals surface area contributed by atoms with Gasteiger partial charge in [-0.3, -0.25) is 0 Å². The van der Waals surface area contributed by atoms with Crippen molar-refractivity contribution in [3.05, 3.63) is 31.0 Å². The monoisotopic (exact) mass is 325 g/mol. The van der Waals surface area contributed by atoms with Gasteiger partial charge in [-0.05, 0) is 32.5 Å². The second-order valence-corrected chi connectivity index (χ2v) is 3.48. The van der Waals surface area contributed by atoms with Crippen LogP contribution in [0.4, 0.5) is 14.6 Å². The SMILES string of the molecule is N#Cc1cc(C(F)F)nc([N+](=O)[O-])c1I. The van der Waals surface area contributed by atoms with Gasteiger partial charge in [-0.15, -0.1) is 0 Å². The molecular formula is C7H2F2IN3O2. The van der Waals surface area contributed by atoms with Gasteiger partial charge in [-0.1, -0.05) is 0 Å². The molecule has 0 atom stereocenters. The summed E-state index contributed by atoms with van der Waals surface area (Å²) in [7, 11) is 0. The van der Waals surface area contributed by atoms with E-state index in [0.29, 0.717) is 0 Å². The van der Waals surface area contributed by atoms with Crippen molar-refractivity contribution in [1.29, 1.82) is 5.26 Å². The third kappa shape index (κ3) is 2.35. The number of halogens is 3. The standard InChI is InChI=1S/C7H2F2IN3O2/c8-6(9)4-1-3(2-11)5(10)7(12-4)13(14)15/h1,6H. The maximum absolute atomic E-state index is 12.3. The van der Waals surface area contributed by atoms with E-state index in [9.17, 15) is 18.9 Å². The first-order valence-electron chi connectivity index (χ1n) is 3.50. The molecule has 0 spiro atoms. The van der Waals surface area contributed by atoms with Gasteiger partial charge in [0.15, 0.2) is 0 Å². The Hall–Kier alpha value is -1.37. The molecule has 15 heavy (non-hydrogen) atoms. The van der Waals surface area contributed by atoms with E-state index in [1.165, 1.54) is 22.6 Å². The maximum Gasteiger partial charge on any atom is 0.378 e. The molecule has 0 saturated carbocycles. The number of pyridine rings is 1. The average molecular weight is 325 g/mol. The molecule has 0 amide bonds. The van der Waals surface area contributed by atoms with Crippen LogP contribution in [0.1, 0.15) is 17.7 Å². The van der Waals surface area contributed by atoms with E-state index in [-0.39, 0.29) is 9.13 Å². The van der Waals surface area contributed by atoms with Crippen LogP contribution in [-0.4, -0.2) is 9.91 Å². The molecule has 0 aliphatic rings. The second-order valence-electron chi connectivity index (χ2n) is 2.40. The van der Waals surface area contributed by atoms with Crippen LogP contribution in [0.3, 0.4) is 0 Å². The van der Waals surface area contributed by atoms with Crippen LogP contribution in [0.2, 0.25) is 0 Å². The Bertz CT molecular complexity index is 458. The highest BCUT2D eigenvalue weighted by molar-refractivity contribution is 14.1. The quantitative estimate of drug-likeness (QED) is 0.475. The van der Waals surface area contributed by atoms with E-state index in [1.807, 2.05) is 0 Å². The molecule has 0 bridgehead atoms. The predicted molar refractivity (Wildman–Crippen MR) is 53.3 cm³/mol. The van der Waals surface area contributed by atoms with Crippen molar-refractivity contribution < 1.29 is 13.7 Å². The number of nitriles is 1. The topological polar surface area (TPSA) is 79.8 Å². The van der Waals surface area contributed by atoms with Gasteiger partial charge in [0.05, 0.1) is 5.56 Å². The Labute approximate surface area is 96.0 Å². The van der Waals surface area contributed by atoms with E-state index in [0.717, 1.165) is 6.07 Å². The van der Waals surface area contributed by atoms with Gasteiger partial charge in [0.1, 0.15) is 9.64 Å². The van der Waals surface area contributed by atoms with Gasteiger partial charge in [-0.2, -0.15) is 5.26 Å². The lowest BCUT2D eigenvalue weighted by molar-refractivity contribution is -0.390. The van der Waals surface area contributed by atoms with Gasteiger partial charge in [0.25, 0.3) is 0 Å². The zero-order valence-corrected chi connectivity index (χ0v) is 9.10. The molecule has 0 fully saturated rings. The zero-order chi connectivity index (χ0) is 11.6. The summed E-state index contributed by atoms with van der Waals surface area (Å²) in [4.78, 5) is 12.7. The highest BCUT2D eigenvalue weighted by Crippen LogP contribution is 2.26. The predicted octanol–water partition coefficient (Wildman–Crippen LogP) is 2.40. The van der Waals surface area contributed by atoms with Gasteiger partial charge in [-0.25, -0.2) is 8.78 Å². The highest BCUT2D eigenvalue weighted by Gasteiger charge is 2.25. The molecule has 1 aromatic heterocycles. The molecule has 1 rings (SSSR count). The lowest BCUT2D eigenvalue weighted by Gasteiger charge is -1.99. The van der Waals surface area contributed by atoms with Crippen LogP contribution >= 0.6 is 22.6 Å². The first-order chi connectivity index (χ1) is 6.97. The minimum atomic E-state index is -2.94. The van der Waals surface area contributed by atoms with Crippen LogP contribution in [0.25, 0.3) is 0 Å². The molecule has 0 aliphatic heterocycles. The Morgan fingerprint density at radius 1 is 1.67 bits per heavy atom. The zero-order valence-electron chi connectivity index (χ0n) is 6.95. The molecule has 0 radical (unpaired) electrons. The number of nitro groups is 1. The van der Waals surface area contributed by atoms with Crippen molar-refractivity contribution in [1.82, 2.24) is 4.98 Å². The number of rotatable bonds is 2. The summed E-state index contributed by atoms with van der Waals surface area (Å²) in [6.07, 6.45) is -2.94. The normalized spacial score (nSPS) is 10.1. The Morgan fingerprint density at radius 3 is 2.67 bits per heavy atom. The number of hydrogen-bond acceptors (Lipinski definition) is 4. The molecule has 0 saturated heterocycles. The average Bonchev–Trinajstić information content (AvgIpc) is 2.17. The van der Waals surface area contributed by atoms with Crippen molar-refractivity contribution in [2.45, 2.75) is 6.43 Å². The molecule has 0 aliphatic carbocycles. The van der Waals surface area contributed by atoms with E-state index in [1.54, 1.807) is 6.07 Å². The van der Waals surface area contributed by atoms with Crippen LogP contribution in [0.15, 0.2) is 6.07 Å². The molecule has 1 heterocycles. The summed E-state index contributed by atoms with van der Waals surface area (Å²) in [5, 5.41) is 19.0. The van der Waals surface area contributed by atoms with Crippen LogP contribution in [0.5, 0.6) is 0 Å². The largest absolute Gasteiger partial charge is 0.378 e. The van der Waals surface area contributed by atoms with Crippen molar-refractivity contribution in [2.75, 3.05) is 0 Å². The van der Waals surface area contributed by atoms with Crippen molar-refractivity contribution in [3.8, 4) is 6.07 Å². The minimum Gasteiger partial charge on any atom is -0.358 e. The summed E-state index contributed by atoms with van der Waals surface area (Å²) in [5.41, 5.74) is -0.939. The molecule has 78 valence electrons. The molecule has 0 aromatic carbocycles. The lowest BCUT2D eigenvalue weighted by Crippen LogP contribution is -2.02. The number of alkyl halides is 2. The first kappa shape index (κ1) is 11.7. The number of hydrogen-bond donors (Lipinski definition) is 0. The van der Waals surface area contributed by atoms with E-state index in [4.69, 9.17) is 5.26 Å². The Balaban J connectivity index is 3.47. The Kier molecular flexibility index (Phi) is 3.46. The summed E-state index contributed by atoms with van der Waals surface area (Å²) >= 11 is 1.52. The summed E-state index contributed by atoms with van der Waals surface area (Å²) in [5.74, 6) is -0.718. The van der Waals surface area contributed by atoms with Crippen LogP contribution in [-0.2, 0) is 0 Å². The van der Waals surface area contributed by atoms with Crippen LogP contribution in [0, 0.1) is 25.0 Å². The number of nitrogens with zero attached hydrogens (tertiary/aromatic N) is 3. The summed E-state index contributed by atoms with van der Waals surface area (Å²) in [6, 6.07) is 2.45. The van der Waals surface area contributed by atoms with Crippen molar-refractivity contribution >= 4 is 28.4 Å². The van der Waals surface area contributed by atoms with Gasteiger partial charge in [0, 0.05) is 6.07 Å². The number of aromatic nitrogens is 1. The highest BCUT2D eigenvalue weighted by atomic mass is 127. The van der Waals surface area contributed by atoms with E-state index >= 15 is 0 Å². The van der Waals surface area contributed by atoms with Gasteiger partial charge < -0.3 is 10.1 Å². The molecule has 8 heteroatoms. The maximum atomic E-state index is 12.3. The van der Waals surface area contributed by atoms with E-state index < -0.39 is 22.9 Å². The second kappa shape index (κ2) is 4.43. The van der Waals surface area contributed by atoms with Crippen molar-refractivity contribution in [3.63, 3.8) is 0 Å². The molecule has 5 nitrogen and oxygen atoms in total. The fraction of sp³-hybridized carbons (Fsp3) is 0.143. The first-order valence-corrected chi connectivity index (χ1v) is 4.58. The van der Waals surface area contributed by atoms with Gasteiger partial charge >= 0.3 is 12.2 Å². The molecular weight excluding hydrogens is 323 g/mol. The third-order valence-electron chi connectivity index (χ3n) is 1.48. The molecule has 1 aromatic rings.